The van der Waals surface area contributed by atoms with E-state index in [1.54, 1.807) is 31.0 Å². The molecule has 0 aromatic carbocycles. The molecule has 2 amide bonds. The van der Waals surface area contributed by atoms with Crippen molar-refractivity contribution in [1.29, 1.82) is 0 Å². The van der Waals surface area contributed by atoms with Gasteiger partial charge in [0.05, 0.1) is 12.2 Å². The summed E-state index contributed by atoms with van der Waals surface area (Å²) in [4.78, 5) is 35.0. The number of carbonyl (C=O) groups excluding carboxylic acids is 2. The number of nitrogens with one attached hydrogen (secondary N) is 1. The fraction of sp³-hybridized carbons (Fsp3) is 0.600. The highest BCUT2D eigenvalue weighted by atomic mass is 16.2. The predicted octanol–water partition coefficient (Wildman–Crippen LogP) is 1.19. The number of aromatic nitrogens is 2. The quantitative estimate of drug-likeness (QED) is 0.904. The van der Waals surface area contributed by atoms with Crippen LogP contribution in [-0.4, -0.2) is 38.3 Å². The van der Waals surface area contributed by atoms with Gasteiger partial charge in [0.2, 0.25) is 11.8 Å². The lowest BCUT2D eigenvalue weighted by Gasteiger charge is -2.44. The number of amides is 2. The van der Waals surface area contributed by atoms with E-state index in [4.69, 9.17) is 0 Å². The van der Waals surface area contributed by atoms with Crippen molar-refractivity contribution >= 4 is 11.8 Å². The Bertz CT molecular complexity index is 554. The van der Waals surface area contributed by atoms with Crippen LogP contribution in [0.2, 0.25) is 0 Å². The van der Waals surface area contributed by atoms with Crippen molar-refractivity contribution in [3.8, 4) is 0 Å². The van der Waals surface area contributed by atoms with Gasteiger partial charge in [0.25, 0.3) is 0 Å². The molecular formula is C15H22N4O2. The van der Waals surface area contributed by atoms with E-state index in [1.807, 2.05) is 13.8 Å². The molecule has 1 saturated heterocycles. The average molecular weight is 290 g/mol. The normalized spacial score (nSPS) is 21.3. The van der Waals surface area contributed by atoms with Gasteiger partial charge in [0, 0.05) is 6.20 Å². The summed E-state index contributed by atoms with van der Waals surface area (Å²) in [6.45, 7) is 7.73. The fourth-order valence-electron chi connectivity index (χ4n) is 2.69. The maximum atomic E-state index is 12.8. The molecule has 2 rings (SSSR count). The van der Waals surface area contributed by atoms with E-state index in [9.17, 15) is 9.59 Å². The summed E-state index contributed by atoms with van der Waals surface area (Å²) in [5.41, 5.74) is -0.0374. The van der Waals surface area contributed by atoms with E-state index >= 15 is 0 Å². The monoisotopic (exact) mass is 290 g/mol. The van der Waals surface area contributed by atoms with Gasteiger partial charge < -0.3 is 10.2 Å². The first-order valence-corrected chi connectivity index (χ1v) is 7.35. The Kier molecular flexibility index (Phi) is 4.25. The van der Waals surface area contributed by atoms with Crippen molar-refractivity contribution < 1.29 is 9.59 Å². The third-order valence-electron chi connectivity index (χ3n) is 4.25. The number of hydrogen-bond donors (Lipinski definition) is 1. The lowest BCUT2D eigenvalue weighted by atomic mass is 9.87. The van der Waals surface area contributed by atoms with Gasteiger partial charge in [0.15, 0.2) is 0 Å². The van der Waals surface area contributed by atoms with E-state index in [1.165, 1.54) is 0 Å². The van der Waals surface area contributed by atoms with Gasteiger partial charge in [0.1, 0.15) is 17.4 Å². The Hall–Kier alpha value is -1.98. The van der Waals surface area contributed by atoms with Crippen LogP contribution in [0.4, 0.5) is 0 Å². The molecule has 0 bridgehead atoms. The highest BCUT2D eigenvalue weighted by molar-refractivity contribution is 5.99. The van der Waals surface area contributed by atoms with Crippen molar-refractivity contribution in [2.45, 2.75) is 58.7 Å². The van der Waals surface area contributed by atoms with Gasteiger partial charge in [-0.25, -0.2) is 9.97 Å². The molecule has 1 aromatic rings. The number of piperazine rings is 1. The number of nitrogens with zero attached hydrogens (tertiary/aromatic N) is 3. The first-order chi connectivity index (χ1) is 9.93. The van der Waals surface area contributed by atoms with E-state index in [0.29, 0.717) is 25.2 Å². The molecule has 2 heterocycles. The summed E-state index contributed by atoms with van der Waals surface area (Å²) < 4.78 is 0. The van der Waals surface area contributed by atoms with Crippen LogP contribution in [0.15, 0.2) is 12.3 Å². The molecule has 1 atom stereocenters. The molecule has 21 heavy (non-hydrogen) atoms. The molecule has 6 heteroatoms. The van der Waals surface area contributed by atoms with Crippen LogP contribution >= 0.6 is 0 Å². The van der Waals surface area contributed by atoms with Gasteiger partial charge >= 0.3 is 0 Å². The Labute approximate surface area is 125 Å². The van der Waals surface area contributed by atoms with Gasteiger partial charge in [-0.05, 0) is 32.8 Å². The summed E-state index contributed by atoms with van der Waals surface area (Å²) in [5.74, 6) is 0.520. The lowest BCUT2D eigenvalue weighted by Crippen LogP contribution is -2.69. The number of carbonyl (C=O) groups is 2. The third-order valence-corrected chi connectivity index (χ3v) is 4.25. The number of aryl methyl sites for hydroxylation is 1. The molecule has 0 spiro atoms. The second-order valence-corrected chi connectivity index (χ2v) is 5.48. The summed E-state index contributed by atoms with van der Waals surface area (Å²) in [6, 6.07) is 1.29. The number of rotatable bonds is 4. The summed E-state index contributed by atoms with van der Waals surface area (Å²) in [5, 5.41) is 2.89. The van der Waals surface area contributed by atoms with E-state index in [0.717, 1.165) is 5.69 Å². The summed E-state index contributed by atoms with van der Waals surface area (Å²) in [6.07, 6.45) is 2.84. The topological polar surface area (TPSA) is 75.2 Å². The van der Waals surface area contributed by atoms with E-state index in [-0.39, 0.29) is 11.8 Å². The van der Waals surface area contributed by atoms with Crippen molar-refractivity contribution in [3.05, 3.63) is 23.8 Å². The smallest absolute Gasteiger partial charge is 0.249 e. The van der Waals surface area contributed by atoms with Crippen LogP contribution < -0.4 is 5.32 Å². The predicted molar refractivity (Wildman–Crippen MR) is 78.2 cm³/mol. The van der Waals surface area contributed by atoms with Gasteiger partial charge in [-0.1, -0.05) is 13.8 Å². The maximum absolute atomic E-state index is 12.8. The van der Waals surface area contributed by atoms with E-state index < -0.39 is 11.6 Å². The maximum Gasteiger partial charge on any atom is 0.249 e. The summed E-state index contributed by atoms with van der Waals surface area (Å²) in [7, 11) is 0. The molecule has 1 aliphatic heterocycles. The molecule has 0 aliphatic carbocycles. The van der Waals surface area contributed by atoms with Crippen molar-refractivity contribution in [2.24, 2.45) is 0 Å². The minimum absolute atomic E-state index is 0.0316. The van der Waals surface area contributed by atoms with Crippen molar-refractivity contribution in [3.63, 3.8) is 0 Å². The Balaban J connectivity index is 2.31. The Morgan fingerprint density at radius 3 is 2.57 bits per heavy atom. The molecule has 1 N–H and O–H groups in total. The van der Waals surface area contributed by atoms with Crippen molar-refractivity contribution in [1.82, 2.24) is 20.2 Å². The van der Waals surface area contributed by atoms with Crippen LogP contribution in [0.1, 0.15) is 45.1 Å². The molecule has 1 unspecified atom stereocenters. The highest BCUT2D eigenvalue weighted by Gasteiger charge is 2.47. The average Bonchev–Trinajstić information content (AvgIpc) is 2.48. The lowest BCUT2D eigenvalue weighted by molar-refractivity contribution is -0.155. The molecule has 1 aromatic heterocycles. The second kappa shape index (κ2) is 5.79. The van der Waals surface area contributed by atoms with Crippen LogP contribution in [0.3, 0.4) is 0 Å². The zero-order chi connectivity index (χ0) is 15.6. The minimum Gasteiger partial charge on any atom is -0.340 e. The molecular weight excluding hydrogens is 268 g/mol. The fourth-order valence-corrected chi connectivity index (χ4v) is 2.69. The van der Waals surface area contributed by atoms with Crippen LogP contribution in [0.25, 0.3) is 0 Å². The molecule has 0 radical (unpaired) electrons. The van der Waals surface area contributed by atoms with Gasteiger partial charge in [-0.3, -0.25) is 9.59 Å². The number of hydrogen-bond acceptors (Lipinski definition) is 4. The van der Waals surface area contributed by atoms with Gasteiger partial charge in [-0.15, -0.1) is 0 Å². The largest absolute Gasteiger partial charge is 0.340 e. The van der Waals surface area contributed by atoms with Crippen LogP contribution in [-0.2, 0) is 16.1 Å². The zero-order valence-corrected chi connectivity index (χ0v) is 13.0. The first-order valence-electron chi connectivity index (χ1n) is 7.35. The van der Waals surface area contributed by atoms with Crippen LogP contribution in [0, 0.1) is 6.92 Å². The van der Waals surface area contributed by atoms with E-state index in [2.05, 4.69) is 15.3 Å². The zero-order valence-electron chi connectivity index (χ0n) is 13.0. The third kappa shape index (κ3) is 2.75. The first kappa shape index (κ1) is 15.4. The molecule has 6 nitrogen and oxygen atoms in total. The molecule has 0 saturated carbocycles. The SMILES string of the molecule is CCC1(CC)NC(=O)C(C)N(Cc2ccnc(C)n2)C1=O. The molecule has 1 aliphatic rings. The standard InChI is InChI=1S/C15H22N4O2/c1-5-15(6-2)14(21)19(10(3)13(20)18-15)9-12-7-8-16-11(4)17-12/h7-8,10H,5-6,9H2,1-4H3,(H,18,20). The highest BCUT2D eigenvalue weighted by Crippen LogP contribution is 2.26. The van der Waals surface area contributed by atoms with Crippen LogP contribution in [0.5, 0.6) is 0 Å². The Morgan fingerprint density at radius 1 is 1.33 bits per heavy atom. The summed E-state index contributed by atoms with van der Waals surface area (Å²) >= 11 is 0. The van der Waals surface area contributed by atoms with Crippen molar-refractivity contribution in [2.75, 3.05) is 0 Å². The second-order valence-electron chi connectivity index (χ2n) is 5.48. The minimum atomic E-state index is -0.786. The van der Waals surface area contributed by atoms with Gasteiger partial charge in [-0.2, -0.15) is 0 Å². The molecule has 1 fully saturated rings. The molecule has 114 valence electrons. The Morgan fingerprint density at radius 2 is 2.00 bits per heavy atom.